The van der Waals surface area contributed by atoms with Gasteiger partial charge in [-0.3, -0.25) is 9.59 Å². The lowest BCUT2D eigenvalue weighted by atomic mass is 9.38. The van der Waals surface area contributed by atoms with Crippen LogP contribution in [0.15, 0.2) is 0 Å². The van der Waals surface area contributed by atoms with Crippen molar-refractivity contribution in [2.45, 2.75) is 124 Å². The molecule has 2 heterocycles. The zero-order valence-corrected chi connectivity index (χ0v) is 22.6. The molecule has 0 aromatic rings. The van der Waals surface area contributed by atoms with Crippen molar-refractivity contribution in [2.24, 2.45) is 51.2 Å². The maximum absolute atomic E-state index is 12.9. The lowest BCUT2D eigenvalue weighted by molar-refractivity contribution is -0.270. The van der Waals surface area contributed by atoms with Crippen molar-refractivity contribution >= 4 is 11.8 Å². The van der Waals surface area contributed by atoms with E-state index in [1.807, 2.05) is 6.92 Å². The number of carbonyl (C=O) groups excluding carboxylic acids is 2. The van der Waals surface area contributed by atoms with Crippen LogP contribution in [0.4, 0.5) is 0 Å². The molecule has 6 aliphatic rings. The minimum atomic E-state index is -0.696. The maximum atomic E-state index is 12.9. The molecule has 190 valence electrons. The van der Waals surface area contributed by atoms with Crippen molar-refractivity contribution in [1.29, 1.82) is 0 Å². The highest BCUT2D eigenvalue weighted by molar-refractivity contribution is 5.85. The minimum absolute atomic E-state index is 0.0636. The van der Waals surface area contributed by atoms with Crippen LogP contribution < -0.4 is 0 Å². The lowest BCUT2D eigenvalue weighted by Gasteiger charge is -2.67. The fraction of sp³-hybridized carbons (Fsp3) is 0.933. The van der Waals surface area contributed by atoms with E-state index in [1.165, 1.54) is 32.1 Å². The van der Waals surface area contributed by atoms with Gasteiger partial charge < -0.3 is 9.47 Å². The van der Waals surface area contributed by atoms with Gasteiger partial charge >= 0.3 is 5.97 Å². The number of esters is 1. The zero-order valence-electron chi connectivity index (χ0n) is 22.6. The Hall–Kier alpha value is -0.900. The van der Waals surface area contributed by atoms with Crippen molar-refractivity contribution in [3.63, 3.8) is 0 Å². The predicted octanol–water partition coefficient (Wildman–Crippen LogP) is 6.70. The average Bonchev–Trinajstić information content (AvgIpc) is 3.28. The highest BCUT2D eigenvalue weighted by atomic mass is 16.7. The normalized spacial score (nSPS) is 58.0. The fourth-order valence-electron chi connectivity index (χ4n) is 11.5. The number of hydrogen-bond acceptors (Lipinski definition) is 4. The topological polar surface area (TPSA) is 52.6 Å². The largest absolute Gasteiger partial charge is 0.433 e. The van der Waals surface area contributed by atoms with Crippen molar-refractivity contribution in [2.75, 3.05) is 0 Å². The van der Waals surface area contributed by atoms with E-state index in [1.54, 1.807) is 0 Å². The molecule has 4 aliphatic carbocycles. The summed E-state index contributed by atoms with van der Waals surface area (Å²) in [5.74, 6) is 1.93. The summed E-state index contributed by atoms with van der Waals surface area (Å²) < 4.78 is 13.1. The number of ether oxygens (including phenoxy) is 2. The van der Waals surface area contributed by atoms with Crippen LogP contribution in [0.3, 0.4) is 0 Å². The van der Waals surface area contributed by atoms with Gasteiger partial charge in [0.15, 0.2) is 0 Å². The molecule has 4 heteroatoms. The molecule has 0 aromatic carbocycles. The molecule has 0 radical (unpaired) electrons. The second-order valence-electron chi connectivity index (χ2n) is 14.8. The molecule has 2 aliphatic heterocycles. The van der Waals surface area contributed by atoms with Gasteiger partial charge in [0, 0.05) is 30.1 Å². The molecule has 6 fully saturated rings. The first-order chi connectivity index (χ1) is 15.7. The quantitative estimate of drug-likeness (QED) is 0.370. The van der Waals surface area contributed by atoms with E-state index < -0.39 is 5.79 Å². The Morgan fingerprint density at radius 3 is 2.24 bits per heavy atom. The van der Waals surface area contributed by atoms with E-state index in [2.05, 4.69) is 41.5 Å². The number of fused-ring (bicyclic) bond motifs is 6. The molecule has 34 heavy (non-hydrogen) atoms. The molecule has 0 bridgehead atoms. The monoisotopic (exact) mass is 470 g/mol. The van der Waals surface area contributed by atoms with Crippen LogP contribution >= 0.6 is 0 Å². The van der Waals surface area contributed by atoms with Crippen molar-refractivity contribution in [1.82, 2.24) is 0 Å². The molecule has 4 saturated carbocycles. The summed E-state index contributed by atoms with van der Waals surface area (Å²) in [6.45, 7) is 16.5. The van der Waals surface area contributed by atoms with Crippen LogP contribution in [0.25, 0.3) is 0 Å². The number of ketones is 1. The second-order valence-corrected chi connectivity index (χ2v) is 14.8. The Labute approximate surface area is 206 Å². The zero-order chi connectivity index (χ0) is 24.5. The van der Waals surface area contributed by atoms with Crippen LogP contribution in [-0.4, -0.2) is 23.1 Å². The van der Waals surface area contributed by atoms with Crippen LogP contribution in [-0.2, 0) is 19.1 Å². The van der Waals surface area contributed by atoms with Gasteiger partial charge in [-0.2, -0.15) is 0 Å². The highest BCUT2D eigenvalue weighted by Crippen LogP contribution is 2.77. The number of rotatable bonds is 0. The van der Waals surface area contributed by atoms with Gasteiger partial charge in [-0.15, -0.1) is 0 Å². The van der Waals surface area contributed by atoms with Crippen LogP contribution in [0.2, 0.25) is 0 Å². The first kappa shape index (κ1) is 23.5. The molecule has 4 nitrogen and oxygen atoms in total. The first-order valence-electron chi connectivity index (χ1n) is 14.2. The number of carbonyl (C=O) groups is 2. The van der Waals surface area contributed by atoms with Gasteiger partial charge in [0.25, 0.3) is 0 Å². The van der Waals surface area contributed by atoms with Gasteiger partial charge in [-0.25, -0.2) is 0 Å². The predicted molar refractivity (Wildman–Crippen MR) is 131 cm³/mol. The van der Waals surface area contributed by atoms with Crippen LogP contribution in [0, 0.1) is 51.2 Å². The van der Waals surface area contributed by atoms with Crippen molar-refractivity contribution in [3.05, 3.63) is 0 Å². The van der Waals surface area contributed by atoms with E-state index in [4.69, 9.17) is 9.47 Å². The van der Waals surface area contributed by atoms with E-state index in [9.17, 15) is 9.59 Å². The number of Topliss-reactive ketones (excluding diaryl/α,β-unsaturated/α-hetero) is 1. The summed E-state index contributed by atoms with van der Waals surface area (Å²) in [5, 5.41) is 0. The third-order valence-corrected chi connectivity index (χ3v) is 13.4. The molecule has 2 spiro atoms. The van der Waals surface area contributed by atoms with Crippen molar-refractivity contribution < 1.29 is 19.1 Å². The SMILES string of the molecule is C[C@@H]1C[C@@]2(C[C@@H](C)[C@@]3(CC[C@@]4(C)[C@H]5CC[C@H]6C(C)(C)C(=O)CC[C@]6(C)[C@@H]5CC[C@@]43C)O2)OC1=O. The van der Waals surface area contributed by atoms with E-state index in [0.717, 1.165) is 25.7 Å². The minimum Gasteiger partial charge on any atom is -0.433 e. The van der Waals surface area contributed by atoms with Crippen LogP contribution in [0.5, 0.6) is 0 Å². The molecule has 0 unspecified atom stereocenters. The molecule has 0 aromatic heterocycles. The summed E-state index contributed by atoms with van der Waals surface area (Å²) >= 11 is 0. The van der Waals surface area contributed by atoms with Gasteiger partial charge in [-0.1, -0.05) is 48.5 Å². The fourth-order valence-corrected chi connectivity index (χ4v) is 11.5. The standard InChI is InChI=1S/C30H46O4/c1-18-16-29(33-24(18)32)17-19(2)30(34-29)15-14-27(6)21-8-9-22-25(3,4)23(31)11-12-26(22,5)20(21)10-13-28(27,30)7/h18-22H,8-17H2,1-7H3/t18-,19-,20-,21+,22+,26-,27+,28+,29-,30-/m1/s1. The molecular formula is C30H46O4. The van der Waals surface area contributed by atoms with Crippen LogP contribution in [0.1, 0.15) is 113 Å². The van der Waals surface area contributed by atoms with Gasteiger partial charge in [0.1, 0.15) is 5.78 Å². The lowest BCUT2D eigenvalue weighted by Crippen LogP contribution is -2.63. The Morgan fingerprint density at radius 2 is 1.56 bits per heavy atom. The Kier molecular flexibility index (Phi) is 4.63. The molecular weight excluding hydrogens is 424 g/mol. The molecule has 0 amide bonds. The Bertz CT molecular complexity index is 940. The summed E-state index contributed by atoms with van der Waals surface area (Å²) in [5.41, 5.74) is 0.195. The van der Waals surface area contributed by atoms with Gasteiger partial charge in [0.2, 0.25) is 5.79 Å². The second kappa shape index (κ2) is 6.69. The average molecular weight is 471 g/mol. The smallest absolute Gasteiger partial charge is 0.311 e. The van der Waals surface area contributed by atoms with E-state index in [-0.39, 0.29) is 39.1 Å². The summed E-state index contributed by atoms with van der Waals surface area (Å²) in [7, 11) is 0. The Morgan fingerprint density at radius 1 is 0.824 bits per heavy atom. The third-order valence-electron chi connectivity index (χ3n) is 13.4. The summed E-state index contributed by atoms with van der Waals surface area (Å²) in [6.07, 6.45) is 10.5. The number of hydrogen-bond donors (Lipinski definition) is 0. The molecule has 10 atom stereocenters. The van der Waals surface area contributed by atoms with Gasteiger partial charge in [0.05, 0.1) is 11.5 Å². The summed E-state index contributed by atoms with van der Waals surface area (Å²) in [6, 6.07) is 0. The maximum Gasteiger partial charge on any atom is 0.311 e. The third kappa shape index (κ3) is 2.50. The highest BCUT2D eigenvalue weighted by Gasteiger charge is 2.76. The molecule has 6 rings (SSSR count). The Balaban J connectivity index is 1.35. The van der Waals surface area contributed by atoms with Crippen molar-refractivity contribution in [3.8, 4) is 0 Å². The van der Waals surface area contributed by atoms with Gasteiger partial charge in [-0.05, 0) is 79.4 Å². The van der Waals surface area contributed by atoms with E-state index in [0.29, 0.717) is 35.9 Å². The van der Waals surface area contributed by atoms with E-state index >= 15 is 0 Å². The molecule has 2 saturated heterocycles. The summed E-state index contributed by atoms with van der Waals surface area (Å²) in [4.78, 5) is 25.3. The first-order valence-corrected chi connectivity index (χ1v) is 14.2. The molecule has 0 N–H and O–H groups in total.